The van der Waals surface area contributed by atoms with Crippen LogP contribution in [0.15, 0.2) is 24.3 Å². The van der Waals surface area contributed by atoms with Gasteiger partial charge in [0.2, 0.25) is 11.7 Å². The molecule has 1 aromatic carbocycles. The fourth-order valence-electron chi connectivity index (χ4n) is 2.35. The van der Waals surface area contributed by atoms with Crippen LogP contribution in [-0.4, -0.2) is 11.7 Å². The van der Waals surface area contributed by atoms with Gasteiger partial charge in [0, 0.05) is 22.5 Å². The molecule has 1 aliphatic rings. The van der Waals surface area contributed by atoms with E-state index < -0.39 is 0 Å². The second-order valence-corrected chi connectivity index (χ2v) is 6.36. The van der Waals surface area contributed by atoms with E-state index in [1.807, 2.05) is 32.0 Å². The minimum absolute atomic E-state index is 0.0427. The third-order valence-corrected chi connectivity index (χ3v) is 4.80. The molecule has 0 fully saturated rings. The first-order valence-corrected chi connectivity index (χ1v) is 7.41. The summed E-state index contributed by atoms with van der Waals surface area (Å²) < 4.78 is 0. The number of carbonyl (C=O) groups is 2. The Morgan fingerprint density at radius 1 is 1.20 bits per heavy atom. The van der Waals surface area contributed by atoms with E-state index in [0.29, 0.717) is 18.4 Å². The van der Waals surface area contributed by atoms with Gasteiger partial charge >= 0.3 is 0 Å². The minimum atomic E-state index is 0.0427. The zero-order valence-electron chi connectivity index (χ0n) is 11.4. The molecule has 3 rings (SSSR count). The van der Waals surface area contributed by atoms with Gasteiger partial charge in [0.15, 0.2) is 0 Å². The maximum absolute atomic E-state index is 12.5. The highest BCUT2D eigenvalue weighted by atomic mass is 32.1. The van der Waals surface area contributed by atoms with Gasteiger partial charge in [-0.15, -0.1) is 11.3 Å². The van der Waals surface area contributed by atoms with Gasteiger partial charge in [0.1, 0.15) is 0 Å². The fraction of sp³-hybridized carbons (Fsp3) is 0.250. The van der Waals surface area contributed by atoms with Gasteiger partial charge in [0.05, 0.1) is 4.88 Å². The second-order valence-electron chi connectivity index (χ2n) is 5.10. The summed E-state index contributed by atoms with van der Waals surface area (Å²) in [5.74, 6) is 0.104. The molecular formula is C16H15NO2S. The number of amides is 1. The predicted octanol–water partition coefficient (Wildman–Crippen LogP) is 3.48. The van der Waals surface area contributed by atoms with E-state index in [4.69, 9.17) is 0 Å². The highest BCUT2D eigenvalue weighted by Crippen LogP contribution is 2.27. The lowest BCUT2D eigenvalue weighted by atomic mass is 9.98. The normalized spacial score (nSPS) is 13.8. The summed E-state index contributed by atoms with van der Waals surface area (Å²) in [5, 5.41) is 2.83. The highest BCUT2D eigenvalue weighted by molar-refractivity contribution is 7.14. The molecule has 0 aliphatic carbocycles. The van der Waals surface area contributed by atoms with E-state index in [1.165, 1.54) is 16.2 Å². The van der Waals surface area contributed by atoms with E-state index in [1.54, 1.807) is 6.07 Å². The number of fused-ring (bicyclic) bond motifs is 1. The van der Waals surface area contributed by atoms with Crippen LogP contribution in [0.2, 0.25) is 0 Å². The van der Waals surface area contributed by atoms with Crippen LogP contribution in [0.25, 0.3) is 0 Å². The van der Waals surface area contributed by atoms with Crippen LogP contribution in [0.1, 0.15) is 37.7 Å². The molecular weight excluding hydrogens is 270 g/mol. The lowest BCUT2D eigenvalue weighted by Gasteiger charge is -2.17. The van der Waals surface area contributed by atoms with Gasteiger partial charge in [-0.1, -0.05) is 0 Å². The zero-order chi connectivity index (χ0) is 14.3. The van der Waals surface area contributed by atoms with Gasteiger partial charge < -0.3 is 5.32 Å². The molecule has 0 spiro atoms. The maximum atomic E-state index is 12.5. The molecule has 2 aromatic rings. The summed E-state index contributed by atoms with van der Waals surface area (Å²) in [4.78, 5) is 25.8. The van der Waals surface area contributed by atoms with Gasteiger partial charge in [-0.25, -0.2) is 0 Å². The van der Waals surface area contributed by atoms with E-state index >= 15 is 0 Å². The molecule has 1 amide bonds. The number of thiophene rings is 1. The lowest BCUT2D eigenvalue weighted by Crippen LogP contribution is -2.19. The zero-order valence-corrected chi connectivity index (χ0v) is 12.3. The van der Waals surface area contributed by atoms with Gasteiger partial charge in [0.25, 0.3) is 0 Å². The number of hydrogen-bond acceptors (Lipinski definition) is 3. The molecule has 20 heavy (non-hydrogen) atoms. The fourth-order valence-corrected chi connectivity index (χ4v) is 3.35. The monoisotopic (exact) mass is 285 g/mol. The van der Waals surface area contributed by atoms with Gasteiger partial charge in [-0.2, -0.15) is 0 Å². The first-order chi connectivity index (χ1) is 9.54. The summed E-state index contributed by atoms with van der Waals surface area (Å²) in [6.45, 7) is 4.05. The minimum Gasteiger partial charge on any atom is -0.326 e. The van der Waals surface area contributed by atoms with Gasteiger partial charge in [-0.05, 0) is 55.7 Å². The summed E-state index contributed by atoms with van der Waals surface area (Å²) >= 11 is 1.54. The van der Waals surface area contributed by atoms with Crippen LogP contribution < -0.4 is 5.32 Å². The Morgan fingerprint density at radius 3 is 2.70 bits per heavy atom. The number of ketones is 1. The van der Waals surface area contributed by atoms with Crippen molar-refractivity contribution in [1.82, 2.24) is 0 Å². The third-order valence-electron chi connectivity index (χ3n) is 3.65. The topological polar surface area (TPSA) is 46.2 Å². The molecule has 0 saturated heterocycles. The lowest BCUT2D eigenvalue weighted by molar-refractivity contribution is -0.116. The Morgan fingerprint density at radius 2 is 2.00 bits per heavy atom. The van der Waals surface area contributed by atoms with Crippen LogP contribution in [0.3, 0.4) is 0 Å². The Hall–Kier alpha value is -1.94. The van der Waals surface area contributed by atoms with Crippen LogP contribution >= 0.6 is 11.3 Å². The molecule has 0 bridgehead atoms. The molecule has 0 unspecified atom stereocenters. The molecule has 0 radical (unpaired) electrons. The summed E-state index contributed by atoms with van der Waals surface area (Å²) in [6.07, 6.45) is 1.19. The number of rotatable bonds is 2. The van der Waals surface area contributed by atoms with Crippen LogP contribution in [0.4, 0.5) is 5.69 Å². The van der Waals surface area contributed by atoms with E-state index in [-0.39, 0.29) is 11.7 Å². The molecule has 3 nitrogen and oxygen atoms in total. The maximum Gasteiger partial charge on any atom is 0.224 e. The van der Waals surface area contributed by atoms with Crippen molar-refractivity contribution in [3.05, 3.63) is 50.7 Å². The standard InChI is InChI=1S/C16H15NO2S/c1-9-7-14(20-10(9)2)16(19)12-3-5-13-11(8-12)4-6-15(18)17-13/h3,5,7-8H,4,6H2,1-2H3,(H,17,18). The van der Waals surface area contributed by atoms with Crippen molar-refractivity contribution in [2.45, 2.75) is 26.7 Å². The SMILES string of the molecule is Cc1cc(C(=O)c2ccc3c(c2)CCC(=O)N3)sc1C. The van der Waals surface area contributed by atoms with Crippen LogP contribution in [-0.2, 0) is 11.2 Å². The summed E-state index contributed by atoms with van der Waals surface area (Å²) in [6, 6.07) is 7.47. The molecule has 1 N–H and O–H groups in total. The summed E-state index contributed by atoms with van der Waals surface area (Å²) in [5.41, 5.74) is 3.72. The number of benzene rings is 1. The van der Waals surface area contributed by atoms with Crippen molar-refractivity contribution < 1.29 is 9.59 Å². The quantitative estimate of drug-likeness (QED) is 0.859. The Labute approximate surface area is 121 Å². The molecule has 102 valence electrons. The molecule has 4 heteroatoms. The molecule has 2 heterocycles. The second kappa shape index (κ2) is 4.87. The molecule has 1 aliphatic heterocycles. The average Bonchev–Trinajstić information content (AvgIpc) is 2.77. The number of aryl methyl sites for hydroxylation is 3. The average molecular weight is 285 g/mol. The van der Waals surface area contributed by atoms with Gasteiger partial charge in [-0.3, -0.25) is 9.59 Å². The number of carbonyl (C=O) groups excluding carboxylic acids is 2. The Balaban J connectivity index is 1.95. The molecule has 0 saturated carbocycles. The highest BCUT2D eigenvalue weighted by Gasteiger charge is 2.18. The van der Waals surface area contributed by atoms with E-state index in [9.17, 15) is 9.59 Å². The van der Waals surface area contributed by atoms with Crippen LogP contribution in [0, 0.1) is 13.8 Å². The summed E-state index contributed by atoms with van der Waals surface area (Å²) in [7, 11) is 0. The van der Waals surface area contributed by atoms with E-state index in [2.05, 4.69) is 5.32 Å². The number of nitrogens with one attached hydrogen (secondary N) is 1. The first-order valence-electron chi connectivity index (χ1n) is 6.59. The molecule has 0 atom stereocenters. The van der Waals surface area contributed by atoms with Crippen LogP contribution in [0.5, 0.6) is 0 Å². The van der Waals surface area contributed by atoms with Crippen molar-refractivity contribution in [2.75, 3.05) is 5.32 Å². The first kappa shape index (κ1) is 13.1. The third kappa shape index (κ3) is 2.27. The number of hydrogen-bond donors (Lipinski definition) is 1. The van der Waals surface area contributed by atoms with Crippen molar-refractivity contribution in [1.29, 1.82) is 0 Å². The van der Waals surface area contributed by atoms with E-state index in [0.717, 1.165) is 21.7 Å². The smallest absolute Gasteiger partial charge is 0.224 e. The number of anilines is 1. The van der Waals surface area contributed by atoms with Crippen molar-refractivity contribution in [2.24, 2.45) is 0 Å². The van der Waals surface area contributed by atoms with Crippen molar-refractivity contribution in [3.8, 4) is 0 Å². The Bertz CT molecular complexity index is 696. The van der Waals surface area contributed by atoms with Crippen molar-refractivity contribution >= 4 is 28.7 Å². The molecule has 1 aromatic heterocycles. The largest absolute Gasteiger partial charge is 0.326 e. The Kier molecular flexibility index (Phi) is 3.18. The van der Waals surface area contributed by atoms with Crippen molar-refractivity contribution in [3.63, 3.8) is 0 Å². The predicted molar refractivity (Wildman–Crippen MR) is 80.6 cm³/mol.